The number of piperidine rings is 1. The van der Waals surface area contributed by atoms with E-state index in [-0.39, 0.29) is 22.9 Å². The van der Waals surface area contributed by atoms with E-state index in [1.807, 2.05) is 4.90 Å². The van der Waals surface area contributed by atoms with Gasteiger partial charge in [0.15, 0.2) is 9.84 Å². The highest BCUT2D eigenvalue weighted by Gasteiger charge is 2.38. The molecular formula is C22H25N3O4S. The van der Waals surface area contributed by atoms with Crippen molar-refractivity contribution in [3.63, 3.8) is 0 Å². The molecule has 0 radical (unpaired) electrons. The summed E-state index contributed by atoms with van der Waals surface area (Å²) in [7, 11) is -3.29. The number of fused-ring (bicyclic) bond motifs is 2. The van der Waals surface area contributed by atoms with E-state index in [1.54, 1.807) is 30.3 Å². The zero-order valence-electron chi connectivity index (χ0n) is 17.1. The van der Waals surface area contributed by atoms with E-state index in [9.17, 15) is 18.0 Å². The van der Waals surface area contributed by atoms with Gasteiger partial charge in [-0.2, -0.15) is 0 Å². The SMILES string of the molecule is CCN1c2cc(C(=O)Nc3ccc(S(C)(=O)=O)cc3)ccc2C(=O)N2CCCCC21. The summed E-state index contributed by atoms with van der Waals surface area (Å²) in [6.07, 6.45) is 4.23. The molecule has 2 aromatic carbocycles. The van der Waals surface area contributed by atoms with Gasteiger partial charge in [0.2, 0.25) is 0 Å². The highest BCUT2D eigenvalue weighted by atomic mass is 32.2. The molecule has 0 spiro atoms. The van der Waals surface area contributed by atoms with Crippen molar-refractivity contribution in [1.29, 1.82) is 0 Å². The van der Waals surface area contributed by atoms with Crippen LogP contribution in [0.5, 0.6) is 0 Å². The van der Waals surface area contributed by atoms with E-state index in [4.69, 9.17) is 0 Å². The van der Waals surface area contributed by atoms with Crippen LogP contribution < -0.4 is 10.2 Å². The number of amides is 2. The number of hydrogen-bond donors (Lipinski definition) is 1. The molecule has 0 aliphatic carbocycles. The Morgan fingerprint density at radius 3 is 2.53 bits per heavy atom. The van der Waals surface area contributed by atoms with Crippen LogP contribution in [0.3, 0.4) is 0 Å². The molecule has 30 heavy (non-hydrogen) atoms. The minimum Gasteiger partial charge on any atom is -0.351 e. The number of rotatable bonds is 4. The maximum atomic E-state index is 12.9. The third-order valence-electron chi connectivity index (χ3n) is 5.77. The zero-order chi connectivity index (χ0) is 21.5. The number of sulfone groups is 1. The smallest absolute Gasteiger partial charge is 0.257 e. The second-order valence-corrected chi connectivity index (χ2v) is 9.76. The summed E-state index contributed by atoms with van der Waals surface area (Å²) in [5.74, 6) is -0.276. The van der Waals surface area contributed by atoms with Crippen LogP contribution in [0.4, 0.5) is 11.4 Å². The molecule has 2 aliphatic heterocycles. The van der Waals surface area contributed by atoms with Crippen molar-refractivity contribution in [3.05, 3.63) is 53.6 Å². The highest BCUT2D eigenvalue weighted by Crippen LogP contribution is 2.35. The van der Waals surface area contributed by atoms with Gasteiger partial charge in [-0.25, -0.2) is 8.42 Å². The molecule has 4 rings (SSSR count). The first-order valence-electron chi connectivity index (χ1n) is 10.1. The fourth-order valence-corrected chi connectivity index (χ4v) is 4.88. The van der Waals surface area contributed by atoms with E-state index in [2.05, 4.69) is 17.1 Å². The zero-order valence-corrected chi connectivity index (χ0v) is 17.9. The molecule has 1 N–H and O–H groups in total. The topological polar surface area (TPSA) is 86.8 Å². The standard InChI is InChI=1S/C22H25N3O4S/c1-3-24-19-14-15(7-12-18(19)22(27)25-13-5-4-6-20(24)25)21(26)23-16-8-10-17(11-9-16)30(2,28)29/h7-12,14,20H,3-6,13H2,1-2H3,(H,23,26). The summed E-state index contributed by atoms with van der Waals surface area (Å²) in [4.78, 5) is 30.1. The lowest BCUT2D eigenvalue weighted by Gasteiger charge is -2.47. The summed E-state index contributed by atoms with van der Waals surface area (Å²) in [5.41, 5.74) is 2.39. The van der Waals surface area contributed by atoms with Gasteiger partial charge in [-0.15, -0.1) is 0 Å². The van der Waals surface area contributed by atoms with Crippen LogP contribution in [0.2, 0.25) is 0 Å². The molecule has 1 saturated heterocycles. The van der Waals surface area contributed by atoms with Gasteiger partial charge in [-0.1, -0.05) is 0 Å². The molecule has 2 amide bonds. The normalized spacial score (nSPS) is 18.6. The average molecular weight is 428 g/mol. The predicted molar refractivity (Wildman–Crippen MR) is 116 cm³/mol. The number of anilines is 2. The lowest BCUT2D eigenvalue weighted by molar-refractivity contribution is 0.0582. The van der Waals surface area contributed by atoms with Gasteiger partial charge in [-0.3, -0.25) is 9.59 Å². The van der Waals surface area contributed by atoms with E-state index in [0.717, 1.165) is 44.3 Å². The fraction of sp³-hybridized carbons (Fsp3) is 0.364. The van der Waals surface area contributed by atoms with E-state index >= 15 is 0 Å². The summed E-state index contributed by atoms with van der Waals surface area (Å²) >= 11 is 0. The minimum absolute atomic E-state index is 0.0303. The number of nitrogens with zero attached hydrogens (tertiary/aromatic N) is 2. The molecule has 1 unspecified atom stereocenters. The summed E-state index contributed by atoms with van der Waals surface area (Å²) in [5, 5.41) is 2.80. The van der Waals surface area contributed by atoms with Crippen LogP contribution in [0, 0.1) is 0 Å². The van der Waals surface area contributed by atoms with Crippen molar-refractivity contribution in [2.45, 2.75) is 37.2 Å². The van der Waals surface area contributed by atoms with Gasteiger partial charge < -0.3 is 15.1 Å². The van der Waals surface area contributed by atoms with Gasteiger partial charge in [-0.05, 0) is 68.7 Å². The van der Waals surface area contributed by atoms with Crippen molar-refractivity contribution in [2.75, 3.05) is 29.6 Å². The molecule has 0 saturated carbocycles. The Morgan fingerprint density at radius 1 is 1.13 bits per heavy atom. The van der Waals surface area contributed by atoms with Crippen LogP contribution in [0.1, 0.15) is 46.9 Å². The number of carbonyl (C=O) groups is 2. The van der Waals surface area contributed by atoms with E-state index in [1.165, 1.54) is 12.1 Å². The first-order chi connectivity index (χ1) is 14.3. The molecule has 7 nitrogen and oxygen atoms in total. The van der Waals surface area contributed by atoms with Crippen LogP contribution in [-0.2, 0) is 9.84 Å². The minimum atomic E-state index is -3.29. The first-order valence-corrected chi connectivity index (χ1v) is 12.0. The number of hydrogen-bond acceptors (Lipinski definition) is 5. The molecule has 2 heterocycles. The fourth-order valence-electron chi connectivity index (χ4n) is 4.25. The molecule has 8 heteroatoms. The molecule has 158 valence electrons. The number of benzene rings is 2. The first kappa shape index (κ1) is 20.4. The Balaban J connectivity index is 1.60. The Labute approximate surface area is 176 Å². The van der Waals surface area contributed by atoms with Crippen molar-refractivity contribution < 1.29 is 18.0 Å². The lowest BCUT2D eigenvalue weighted by Crippen LogP contribution is -2.57. The molecule has 0 bridgehead atoms. The number of nitrogens with one attached hydrogen (secondary N) is 1. The Kier molecular flexibility index (Phi) is 5.27. The lowest BCUT2D eigenvalue weighted by atomic mass is 9.97. The molecule has 1 atom stereocenters. The van der Waals surface area contributed by atoms with Crippen molar-refractivity contribution >= 4 is 33.0 Å². The predicted octanol–water partition coefficient (Wildman–Crippen LogP) is 3.13. The maximum absolute atomic E-state index is 12.9. The third kappa shape index (κ3) is 3.67. The average Bonchev–Trinajstić information content (AvgIpc) is 2.73. The van der Waals surface area contributed by atoms with Gasteiger partial charge in [0.05, 0.1) is 16.1 Å². The summed E-state index contributed by atoms with van der Waals surface area (Å²) in [6, 6.07) is 11.2. The van der Waals surface area contributed by atoms with Crippen LogP contribution in [0.15, 0.2) is 47.4 Å². The second-order valence-electron chi connectivity index (χ2n) is 7.74. The summed E-state index contributed by atoms with van der Waals surface area (Å²) in [6.45, 7) is 3.58. The molecule has 2 aromatic rings. The van der Waals surface area contributed by atoms with Gasteiger partial charge in [0.1, 0.15) is 6.17 Å². The monoisotopic (exact) mass is 427 g/mol. The van der Waals surface area contributed by atoms with E-state index < -0.39 is 9.84 Å². The summed E-state index contributed by atoms with van der Waals surface area (Å²) < 4.78 is 23.2. The molecular weight excluding hydrogens is 402 g/mol. The largest absolute Gasteiger partial charge is 0.351 e. The van der Waals surface area contributed by atoms with Crippen molar-refractivity contribution in [1.82, 2.24) is 4.90 Å². The van der Waals surface area contributed by atoms with Crippen molar-refractivity contribution in [3.8, 4) is 0 Å². The molecule has 1 fully saturated rings. The van der Waals surface area contributed by atoms with Crippen molar-refractivity contribution in [2.24, 2.45) is 0 Å². The van der Waals surface area contributed by atoms with Crippen LogP contribution >= 0.6 is 0 Å². The highest BCUT2D eigenvalue weighted by molar-refractivity contribution is 7.90. The Bertz CT molecular complexity index is 1100. The van der Waals surface area contributed by atoms with Gasteiger partial charge >= 0.3 is 0 Å². The quantitative estimate of drug-likeness (QED) is 0.810. The molecule has 2 aliphatic rings. The number of carbonyl (C=O) groups excluding carboxylic acids is 2. The van der Waals surface area contributed by atoms with Crippen LogP contribution in [-0.4, -0.2) is 50.6 Å². The van der Waals surface area contributed by atoms with Gasteiger partial charge in [0.25, 0.3) is 11.8 Å². The van der Waals surface area contributed by atoms with Crippen LogP contribution in [0.25, 0.3) is 0 Å². The van der Waals surface area contributed by atoms with E-state index in [0.29, 0.717) is 16.8 Å². The molecule has 0 aromatic heterocycles. The third-order valence-corrected chi connectivity index (χ3v) is 6.90. The van der Waals surface area contributed by atoms with Gasteiger partial charge in [0, 0.05) is 30.6 Å². The Morgan fingerprint density at radius 2 is 1.87 bits per heavy atom. The Hall–Kier alpha value is -2.87. The maximum Gasteiger partial charge on any atom is 0.257 e. The second kappa shape index (κ2) is 7.75.